The predicted molar refractivity (Wildman–Crippen MR) is 68.0 cm³/mol. The van der Waals surface area contributed by atoms with Crippen molar-refractivity contribution in [1.82, 2.24) is 5.32 Å². The molecule has 0 saturated carbocycles. The monoisotopic (exact) mass is 245 g/mol. The van der Waals surface area contributed by atoms with Gasteiger partial charge in [-0.2, -0.15) is 0 Å². The van der Waals surface area contributed by atoms with E-state index in [1.165, 1.54) is 0 Å². The van der Waals surface area contributed by atoms with Crippen LogP contribution in [0.5, 0.6) is 0 Å². The van der Waals surface area contributed by atoms with Crippen LogP contribution in [0, 0.1) is 0 Å². The van der Waals surface area contributed by atoms with Gasteiger partial charge in [0, 0.05) is 10.0 Å². The Kier molecular flexibility index (Phi) is 4.45. The maximum atomic E-state index is 6.19. The third-order valence-electron chi connectivity index (χ3n) is 2.66. The molecular formula is C12H17Cl2N. The van der Waals surface area contributed by atoms with Gasteiger partial charge in [-0.3, -0.25) is 0 Å². The molecular weight excluding hydrogens is 229 g/mol. The van der Waals surface area contributed by atoms with E-state index in [2.05, 4.69) is 19.2 Å². The summed E-state index contributed by atoms with van der Waals surface area (Å²) in [6.45, 7) is 5.37. The van der Waals surface area contributed by atoms with Crippen LogP contribution in [0.4, 0.5) is 0 Å². The molecule has 1 nitrogen and oxygen atoms in total. The van der Waals surface area contributed by atoms with E-state index >= 15 is 0 Å². The maximum Gasteiger partial charge on any atom is 0.0458 e. The van der Waals surface area contributed by atoms with Crippen LogP contribution >= 0.6 is 23.2 Å². The third kappa shape index (κ3) is 3.37. The molecule has 15 heavy (non-hydrogen) atoms. The maximum absolute atomic E-state index is 6.19. The SMILES string of the molecule is CNCCC(C)(C)c1ccc(Cl)cc1Cl. The molecule has 0 fully saturated rings. The number of halogens is 2. The number of rotatable bonds is 4. The van der Waals surface area contributed by atoms with E-state index < -0.39 is 0 Å². The zero-order valence-corrected chi connectivity index (χ0v) is 10.9. The average molecular weight is 246 g/mol. The molecule has 0 aliphatic heterocycles. The van der Waals surface area contributed by atoms with Crippen LogP contribution in [0.25, 0.3) is 0 Å². The van der Waals surface area contributed by atoms with Crippen molar-refractivity contribution in [2.45, 2.75) is 25.7 Å². The lowest BCUT2D eigenvalue weighted by Crippen LogP contribution is -2.23. The second-order valence-corrected chi connectivity index (χ2v) is 5.21. The van der Waals surface area contributed by atoms with Crippen molar-refractivity contribution in [3.05, 3.63) is 33.8 Å². The Hall–Kier alpha value is -0.240. The van der Waals surface area contributed by atoms with Crippen LogP contribution in [0.2, 0.25) is 10.0 Å². The van der Waals surface area contributed by atoms with Gasteiger partial charge in [-0.25, -0.2) is 0 Å². The Balaban J connectivity index is 2.93. The lowest BCUT2D eigenvalue weighted by atomic mass is 9.81. The van der Waals surface area contributed by atoms with Gasteiger partial charge in [0.05, 0.1) is 0 Å². The van der Waals surface area contributed by atoms with Crippen molar-refractivity contribution in [3.8, 4) is 0 Å². The van der Waals surface area contributed by atoms with Gasteiger partial charge in [-0.1, -0.05) is 43.1 Å². The van der Waals surface area contributed by atoms with Crippen LogP contribution < -0.4 is 5.32 Å². The molecule has 0 saturated heterocycles. The van der Waals surface area contributed by atoms with E-state index in [9.17, 15) is 0 Å². The second kappa shape index (κ2) is 5.20. The number of benzene rings is 1. The summed E-state index contributed by atoms with van der Waals surface area (Å²) in [5, 5.41) is 4.60. The van der Waals surface area contributed by atoms with E-state index in [1.807, 2.05) is 19.2 Å². The van der Waals surface area contributed by atoms with Gasteiger partial charge in [0.25, 0.3) is 0 Å². The molecule has 0 amide bonds. The minimum atomic E-state index is 0.0741. The van der Waals surface area contributed by atoms with Crippen molar-refractivity contribution < 1.29 is 0 Å². The van der Waals surface area contributed by atoms with Crippen molar-refractivity contribution in [1.29, 1.82) is 0 Å². The lowest BCUT2D eigenvalue weighted by molar-refractivity contribution is 0.469. The molecule has 1 rings (SSSR count). The summed E-state index contributed by atoms with van der Waals surface area (Å²) in [6, 6.07) is 5.71. The Morgan fingerprint density at radius 3 is 2.47 bits per heavy atom. The molecule has 0 unspecified atom stereocenters. The largest absolute Gasteiger partial charge is 0.320 e. The predicted octanol–water partition coefficient (Wildman–Crippen LogP) is 3.88. The molecule has 0 aliphatic rings. The molecule has 0 aliphatic carbocycles. The van der Waals surface area contributed by atoms with Crippen molar-refractivity contribution in [3.63, 3.8) is 0 Å². The second-order valence-electron chi connectivity index (χ2n) is 4.36. The summed E-state index contributed by atoms with van der Waals surface area (Å²) in [7, 11) is 1.96. The Bertz CT molecular complexity index is 334. The highest BCUT2D eigenvalue weighted by molar-refractivity contribution is 6.35. The first-order valence-electron chi connectivity index (χ1n) is 5.07. The molecule has 1 aromatic carbocycles. The zero-order chi connectivity index (χ0) is 11.5. The Morgan fingerprint density at radius 2 is 1.93 bits per heavy atom. The zero-order valence-electron chi connectivity index (χ0n) is 9.40. The van der Waals surface area contributed by atoms with Gasteiger partial charge in [0.15, 0.2) is 0 Å². The Labute approximate surface area is 102 Å². The summed E-state index contributed by atoms with van der Waals surface area (Å²) in [4.78, 5) is 0. The van der Waals surface area contributed by atoms with Crippen LogP contribution in [0.3, 0.4) is 0 Å². The fraction of sp³-hybridized carbons (Fsp3) is 0.500. The first-order valence-corrected chi connectivity index (χ1v) is 5.83. The van der Waals surface area contributed by atoms with Crippen LogP contribution in [0.1, 0.15) is 25.8 Å². The molecule has 0 heterocycles. The standard InChI is InChI=1S/C12H17Cl2N/c1-12(2,6-7-15-3)10-5-4-9(13)8-11(10)14/h4-5,8,15H,6-7H2,1-3H3. The van der Waals surface area contributed by atoms with Gasteiger partial charge in [0.1, 0.15) is 0 Å². The smallest absolute Gasteiger partial charge is 0.0458 e. The molecule has 0 radical (unpaired) electrons. The molecule has 0 atom stereocenters. The highest BCUT2D eigenvalue weighted by Crippen LogP contribution is 2.33. The number of nitrogens with one attached hydrogen (secondary N) is 1. The summed E-state index contributed by atoms with van der Waals surface area (Å²) in [5.41, 5.74) is 1.23. The van der Waals surface area contributed by atoms with Gasteiger partial charge < -0.3 is 5.32 Å². The number of hydrogen-bond acceptors (Lipinski definition) is 1. The summed E-state index contributed by atoms with van der Waals surface area (Å²) < 4.78 is 0. The summed E-state index contributed by atoms with van der Waals surface area (Å²) in [5.74, 6) is 0. The normalized spacial score (nSPS) is 11.8. The number of hydrogen-bond donors (Lipinski definition) is 1. The van der Waals surface area contributed by atoms with Gasteiger partial charge in [0.2, 0.25) is 0 Å². The molecule has 0 aromatic heterocycles. The summed E-state index contributed by atoms with van der Waals surface area (Å²) >= 11 is 12.1. The quantitative estimate of drug-likeness (QED) is 0.850. The average Bonchev–Trinajstić information content (AvgIpc) is 2.14. The van der Waals surface area contributed by atoms with Gasteiger partial charge in [-0.05, 0) is 43.1 Å². The topological polar surface area (TPSA) is 12.0 Å². The molecule has 3 heteroatoms. The molecule has 84 valence electrons. The minimum absolute atomic E-state index is 0.0741. The third-order valence-corrected chi connectivity index (χ3v) is 3.21. The van der Waals surface area contributed by atoms with Crippen LogP contribution in [-0.2, 0) is 5.41 Å². The highest BCUT2D eigenvalue weighted by Gasteiger charge is 2.22. The molecule has 0 bridgehead atoms. The first kappa shape index (κ1) is 12.8. The Morgan fingerprint density at radius 1 is 1.27 bits per heavy atom. The van der Waals surface area contributed by atoms with Crippen molar-refractivity contribution in [2.75, 3.05) is 13.6 Å². The van der Waals surface area contributed by atoms with Gasteiger partial charge >= 0.3 is 0 Å². The van der Waals surface area contributed by atoms with E-state index in [0.717, 1.165) is 23.6 Å². The lowest BCUT2D eigenvalue weighted by Gasteiger charge is -2.26. The van der Waals surface area contributed by atoms with Crippen LogP contribution in [0.15, 0.2) is 18.2 Å². The van der Waals surface area contributed by atoms with Gasteiger partial charge in [-0.15, -0.1) is 0 Å². The van der Waals surface area contributed by atoms with E-state index in [1.54, 1.807) is 6.07 Å². The highest BCUT2D eigenvalue weighted by atomic mass is 35.5. The van der Waals surface area contributed by atoms with E-state index in [4.69, 9.17) is 23.2 Å². The van der Waals surface area contributed by atoms with E-state index in [-0.39, 0.29) is 5.41 Å². The molecule has 1 N–H and O–H groups in total. The van der Waals surface area contributed by atoms with Crippen LogP contribution in [-0.4, -0.2) is 13.6 Å². The molecule has 0 spiro atoms. The van der Waals surface area contributed by atoms with Crippen molar-refractivity contribution in [2.24, 2.45) is 0 Å². The van der Waals surface area contributed by atoms with Crippen molar-refractivity contribution >= 4 is 23.2 Å². The van der Waals surface area contributed by atoms with E-state index in [0.29, 0.717) is 5.02 Å². The summed E-state index contributed by atoms with van der Waals surface area (Å²) in [6.07, 6.45) is 1.05. The fourth-order valence-electron chi connectivity index (χ4n) is 1.61. The molecule has 1 aromatic rings. The minimum Gasteiger partial charge on any atom is -0.320 e. The fourth-order valence-corrected chi connectivity index (χ4v) is 2.27. The first-order chi connectivity index (χ1) is 6.97.